The minimum atomic E-state index is 0.387. The molecule has 0 spiro atoms. The van der Waals surface area contributed by atoms with E-state index >= 15 is 0 Å². The zero-order chi connectivity index (χ0) is 14.3. The van der Waals surface area contributed by atoms with Gasteiger partial charge in [-0.25, -0.2) is 0 Å². The lowest BCUT2D eigenvalue weighted by molar-refractivity contribution is 0.181. The maximum Gasteiger partial charge on any atom is 0.119 e. The second-order valence-corrected chi connectivity index (χ2v) is 6.37. The van der Waals surface area contributed by atoms with Crippen LogP contribution >= 0.6 is 0 Å². The molecule has 1 fully saturated rings. The fourth-order valence-electron chi connectivity index (χ4n) is 3.43. The Morgan fingerprint density at radius 3 is 2.71 bits per heavy atom. The first-order valence-corrected chi connectivity index (χ1v) is 8.52. The number of para-hydroxylation sites is 1. The average Bonchev–Trinajstić information content (AvgIpc) is 2.75. The molecule has 1 aromatic carbocycles. The smallest absolute Gasteiger partial charge is 0.119 e. The summed E-state index contributed by atoms with van der Waals surface area (Å²) in [6, 6.07) is 10.3. The molecule has 114 valence electrons. The third-order valence-corrected chi connectivity index (χ3v) is 4.63. The van der Waals surface area contributed by atoms with Crippen molar-refractivity contribution in [3.63, 3.8) is 0 Å². The van der Waals surface area contributed by atoms with Gasteiger partial charge in [-0.05, 0) is 63.6 Å². The Hall–Kier alpha value is -1.28. The summed E-state index contributed by atoms with van der Waals surface area (Å²) in [5.74, 6) is 1.02. The maximum atomic E-state index is 6.13. The second kappa shape index (κ2) is 7.65. The minimum absolute atomic E-state index is 0.387. The molecule has 0 aromatic heterocycles. The molecule has 0 amide bonds. The summed E-state index contributed by atoms with van der Waals surface area (Å²) in [6.45, 7) is 3.60. The van der Waals surface area contributed by atoms with E-state index in [-0.39, 0.29) is 0 Å². The quantitative estimate of drug-likeness (QED) is 0.759. The van der Waals surface area contributed by atoms with E-state index in [1.165, 1.54) is 58.2 Å². The van der Waals surface area contributed by atoms with Crippen molar-refractivity contribution in [2.45, 2.75) is 51.0 Å². The van der Waals surface area contributed by atoms with Crippen LogP contribution in [-0.4, -0.2) is 30.6 Å². The highest BCUT2D eigenvalue weighted by Crippen LogP contribution is 2.22. The molecule has 1 heterocycles. The van der Waals surface area contributed by atoms with Gasteiger partial charge in [0, 0.05) is 13.1 Å². The zero-order valence-corrected chi connectivity index (χ0v) is 13.0. The summed E-state index contributed by atoms with van der Waals surface area (Å²) in [4.78, 5) is 2.63. The van der Waals surface area contributed by atoms with Crippen molar-refractivity contribution in [2.24, 2.45) is 0 Å². The molecule has 1 aliphatic carbocycles. The van der Waals surface area contributed by atoms with E-state index in [4.69, 9.17) is 4.74 Å². The Labute approximate surface area is 128 Å². The monoisotopic (exact) mass is 285 g/mol. The lowest BCUT2D eigenvalue weighted by atomic mass is 9.99. The molecule has 0 radical (unpaired) electrons. The Morgan fingerprint density at radius 2 is 1.90 bits per heavy atom. The lowest BCUT2D eigenvalue weighted by Crippen LogP contribution is -2.28. The van der Waals surface area contributed by atoms with Crippen LogP contribution in [0.25, 0.3) is 0 Å². The van der Waals surface area contributed by atoms with Gasteiger partial charge in [-0.15, -0.1) is 0 Å². The summed E-state index contributed by atoms with van der Waals surface area (Å²) in [5.41, 5.74) is 1.67. The van der Waals surface area contributed by atoms with Gasteiger partial charge in [0.25, 0.3) is 0 Å². The third-order valence-electron chi connectivity index (χ3n) is 4.63. The van der Waals surface area contributed by atoms with Crippen molar-refractivity contribution >= 4 is 0 Å². The van der Waals surface area contributed by atoms with E-state index in [1.54, 1.807) is 5.57 Å². The van der Waals surface area contributed by atoms with Crippen LogP contribution in [0.1, 0.15) is 44.9 Å². The van der Waals surface area contributed by atoms with E-state index in [2.05, 4.69) is 23.1 Å². The second-order valence-electron chi connectivity index (χ2n) is 6.37. The SMILES string of the molecule is C1=C(CN2CCCC(Oc3ccccc3)CC2)CCCC1. The van der Waals surface area contributed by atoms with E-state index in [1.807, 2.05) is 18.2 Å². The topological polar surface area (TPSA) is 12.5 Å². The predicted octanol–water partition coefficient (Wildman–Crippen LogP) is 4.42. The fraction of sp³-hybridized carbons (Fsp3) is 0.579. The minimum Gasteiger partial charge on any atom is -0.490 e. The number of allylic oxidation sites excluding steroid dienone is 1. The highest BCUT2D eigenvalue weighted by atomic mass is 16.5. The number of nitrogens with zero attached hydrogens (tertiary/aromatic N) is 1. The van der Waals surface area contributed by atoms with Crippen LogP contribution in [0.15, 0.2) is 42.0 Å². The number of likely N-dealkylation sites (tertiary alicyclic amines) is 1. The Kier molecular flexibility index (Phi) is 5.34. The zero-order valence-electron chi connectivity index (χ0n) is 13.0. The number of benzene rings is 1. The van der Waals surface area contributed by atoms with Gasteiger partial charge in [-0.3, -0.25) is 4.90 Å². The van der Waals surface area contributed by atoms with E-state index in [0.717, 1.165) is 12.2 Å². The molecule has 0 saturated carbocycles. The van der Waals surface area contributed by atoms with Gasteiger partial charge in [0.05, 0.1) is 6.10 Å². The van der Waals surface area contributed by atoms with Crippen molar-refractivity contribution in [1.82, 2.24) is 4.90 Å². The fourth-order valence-corrected chi connectivity index (χ4v) is 3.43. The van der Waals surface area contributed by atoms with E-state index < -0.39 is 0 Å². The molecule has 2 aliphatic rings. The van der Waals surface area contributed by atoms with Gasteiger partial charge >= 0.3 is 0 Å². The molecule has 0 bridgehead atoms. The average molecular weight is 285 g/mol. The summed E-state index contributed by atoms with van der Waals surface area (Å²) in [5, 5.41) is 0. The molecule has 1 aliphatic heterocycles. The van der Waals surface area contributed by atoms with Crippen molar-refractivity contribution in [2.75, 3.05) is 19.6 Å². The highest BCUT2D eigenvalue weighted by Gasteiger charge is 2.19. The van der Waals surface area contributed by atoms with Gasteiger partial charge in [-0.2, -0.15) is 0 Å². The maximum absolute atomic E-state index is 6.13. The molecule has 0 N–H and O–H groups in total. The molecule has 1 unspecified atom stereocenters. The summed E-state index contributed by atoms with van der Waals surface area (Å²) < 4.78 is 6.13. The Bertz CT molecular complexity index is 454. The van der Waals surface area contributed by atoms with Crippen molar-refractivity contribution in [3.8, 4) is 5.75 Å². The van der Waals surface area contributed by atoms with Crippen LogP contribution in [-0.2, 0) is 0 Å². The molecule has 21 heavy (non-hydrogen) atoms. The summed E-state index contributed by atoms with van der Waals surface area (Å²) in [7, 11) is 0. The van der Waals surface area contributed by atoms with E-state index in [0.29, 0.717) is 6.10 Å². The highest BCUT2D eigenvalue weighted by molar-refractivity contribution is 5.21. The van der Waals surface area contributed by atoms with Gasteiger partial charge in [-0.1, -0.05) is 29.8 Å². The van der Waals surface area contributed by atoms with Crippen LogP contribution in [0.4, 0.5) is 0 Å². The summed E-state index contributed by atoms with van der Waals surface area (Å²) in [6.07, 6.45) is 11.8. The molecule has 1 atom stereocenters. The van der Waals surface area contributed by atoms with Gasteiger partial charge in [0.2, 0.25) is 0 Å². The van der Waals surface area contributed by atoms with Crippen LogP contribution in [0.2, 0.25) is 0 Å². The third kappa shape index (κ3) is 4.60. The van der Waals surface area contributed by atoms with Gasteiger partial charge in [0.15, 0.2) is 0 Å². The largest absolute Gasteiger partial charge is 0.490 e. The molecular formula is C19H27NO. The van der Waals surface area contributed by atoms with Crippen molar-refractivity contribution in [3.05, 3.63) is 42.0 Å². The predicted molar refractivity (Wildman–Crippen MR) is 87.7 cm³/mol. The molecule has 2 heteroatoms. The van der Waals surface area contributed by atoms with E-state index in [9.17, 15) is 0 Å². The normalized spacial score (nSPS) is 24.2. The number of hydrogen-bond donors (Lipinski definition) is 0. The van der Waals surface area contributed by atoms with Crippen LogP contribution in [0, 0.1) is 0 Å². The number of rotatable bonds is 4. The van der Waals surface area contributed by atoms with Gasteiger partial charge in [0.1, 0.15) is 5.75 Å². The molecular weight excluding hydrogens is 258 g/mol. The van der Waals surface area contributed by atoms with Gasteiger partial charge < -0.3 is 4.74 Å². The van der Waals surface area contributed by atoms with Crippen LogP contribution < -0.4 is 4.74 Å². The first-order valence-electron chi connectivity index (χ1n) is 8.52. The molecule has 1 saturated heterocycles. The standard InChI is InChI=1S/C19H27NO/c1-3-8-17(9-4-1)16-20-14-7-12-19(13-15-20)21-18-10-5-2-6-11-18/h2,5-6,8,10-11,19H,1,3-4,7,9,12-16H2. The number of hydrogen-bond acceptors (Lipinski definition) is 2. The van der Waals surface area contributed by atoms with Crippen LogP contribution in [0.3, 0.4) is 0 Å². The molecule has 3 rings (SSSR count). The first-order chi connectivity index (χ1) is 10.4. The Balaban J connectivity index is 1.48. The van der Waals surface area contributed by atoms with Crippen molar-refractivity contribution < 1.29 is 4.74 Å². The summed E-state index contributed by atoms with van der Waals surface area (Å²) >= 11 is 0. The molecule has 1 aromatic rings. The van der Waals surface area contributed by atoms with Crippen molar-refractivity contribution in [1.29, 1.82) is 0 Å². The lowest BCUT2D eigenvalue weighted by Gasteiger charge is -2.23. The number of ether oxygens (including phenoxy) is 1. The van der Waals surface area contributed by atoms with Crippen LogP contribution in [0.5, 0.6) is 5.75 Å². The molecule has 2 nitrogen and oxygen atoms in total. The first kappa shape index (κ1) is 14.6. The Morgan fingerprint density at radius 1 is 1.00 bits per heavy atom.